The van der Waals surface area contributed by atoms with Crippen LogP contribution in [0.25, 0.3) is 23.1 Å². The van der Waals surface area contributed by atoms with E-state index < -0.39 is 28.4 Å². The van der Waals surface area contributed by atoms with E-state index in [0.717, 1.165) is 28.4 Å². The van der Waals surface area contributed by atoms with Crippen molar-refractivity contribution >= 4 is 46.5 Å². The molecular formula is C33H24FN3O6S2. The lowest BCUT2D eigenvalue weighted by Crippen LogP contribution is -2.40. The molecule has 12 heteroatoms. The van der Waals surface area contributed by atoms with Gasteiger partial charge in [0.2, 0.25) is 5.82 Å². The summed E-state index contributed by atoms with van der Waals surface area (Å²) in [7, 11) is 0. The first-order valence-corrected chi connectivity index (χ1v) is 15.8. The zero-order valence-corrected chi connectivity index (χ0v) is 25.6. The molecule has 9 nitrogen and oxygen atoms in total. The number of ether oxygens (including phenoxy) is 1. The lowest BCUT2D eigenvalue weighted by molar-refractivity contribution is -0.387. The Bertz CT molecular complexity index is 2150. The molecule has 1 aliphatic heterocycles. The van der Waals surface area contributed by atoms with Crippen LogP contribution in [0.4, 0.5) is 10.1 Å². The molecule has 0 fully saturated rings. The fraction of sp³-hybridized carbons (Fsp3) is 0.121. The number of hydrogen-bond acceptors (Lipinski definition) is 9. The Morgan fingerprint density at radius 1 is 1.11 bits per heavy atom. The minimum absolute atomic E-state index is 0.144. The number of carbonyl (C=O) groups excluding carboxylic acids is 1. The van der Waals surface area contributed by atoms with Gasteiger partial charge in [0, 0.05) is 28.2 Å². The van der Waals surface area contributed by atoms with Gasteiger partial charge in [0.15, 0.2) is 4.80 Å². The van der Waals surface area contributed by atoms with Crippen LogP contribution in [0, 0.1) is 15.9 Å². The highest BCUT2D eigenvalue weighted by Crippen LogP contribution is 2.36. The van der Waals surface area contributed by atoms with Gasteiger partial charge in [-0.3, -0.25) is 19.5 Å². The highest BCUT2D eigenvalue weighted by atomic mass is 32.2. The van der Waals surface area contributed by atoms with Gasteiger partial charge in [-0.05, 0) is 55.1 Å². The van der Waals surface area contributed by atoms with E-state index in [2.05, 4.69) is 0 Å². The van der Waals surface area contributed by atoms with Gasteiger partial charge >= 0.3 is 11.7 Å². The number of fused-ring (bicyclic) bond motifs is 1. The molecule has 1 atom stereocenters. The SMILES string of the molecule is CCOC(=O)C1=C(c2ccccc2)N=c2s/c(=C\c3ccc(-c4ccc(F)c([N+](=O)[O-])c4)o3)c(=O)n2[C@H]1c1ccc(SC)cc1. The molecular weight excluding hydrogens is 618 g/mol. The fourth-order valence-electron chi connectivity index (χ4n) is 5.06. The van der Waals surface area contributed by atoms with E-state index in [1.165, 1.54) is 10.6 Å². The Labute approximate surface area is 263 Å². The molecule has 2 aromatic heterocycles. The van der Waals surface area contributed by atoms with Crippen molar-refractivity contribution < 1.29 is 23.3 Å². The summed E-state index contributed by atoms with van der Waals surface area (Å²) >= 11 is 2.72. The number of furan rings is 1. The third-order valence-electron chi connectivity index (χ3n) is 7.13. The number of halogens is 1. The molecule has 0 saturated heterocycles. The van der Waals surface area contributed by atoms with E-state index in [-0.39, 0.29) is 23.5 Å². The monoisotopic (exact) mass is 641 g/mol. The van der Waals surface area contributed by atoms with E-state index in [1.54, 1.807) is 36.9 Å². The predicted octanol–water partition coefficient (Wildman–Crippen LogP) is 5.96. The average Bonchev–Trinajstić information content (AvgIpc) is 3.65. The molecule has 6 rings (SSSR count). The van der Waals surface area contributed by atoms with Crippen LogP contribution in [0.5, 0.6) is 0 Å². The summed E-state index contributed by atoms with van der Waals surface area (Å²) in [4.78, 5) is 44.3. The van der Waals surface area contributed by atoms with Crippen molar-refractivity contribution in [2.45, 2.75) is 17.9 Å². The van der Waals surface area contributed by atoms with Gasteiger partial charge in [0.05, 0.1) is 33.4 Å². The van der Waals surface area contributed by atoms with Crippen LogP contribution in [0.15, 0.2) is 110 Å². The molecule has 0 N–H and O–H groups in total. The van der Waals surface area contributed by atoms with E-state index in [0.29, 0.717) is 37.5 Å². The lowest BCUT2D eigenvalue weighted by atomic mass is 9.93. The van der Waals surface area contributed by atoms with Crippen LogP contribution >= 0.6 is 23.1 Å². The second-order valence-corrected chi connectivity index (χ2v) is 11.7. The Morgan fingerprint density at radius 2 is 1.87 bits per heavy atom. The highest BCUT2D eigenvalue weighted by Gasteiger charge is 2.35. The summed E-state index contributed by atoms with van der Waals surface area (Å²) in [5.74, 6) is -0.959. The number of benzene rings is 3. The number of nitro benzene ring substituents is 1. The van der Waals surface area contributed by atoms with Crippen molar-refractivity contribution in [3.8, 4) is 11.3 Å². The Balaban J connectivity index is 1.53. The van der Waals surface area contributed by atoms with Crippen LogP contribution in [-0.2, 0) is 9.53 Å². The fourth-order valence-corrected chi connectivity index (χ4v) is 6.45. The molecule has 45 heavy (non-hydrogen) atoms. The molecule has 0 amide bonds. The topological polar surface area (TPSA) is 117 Å². The maximum absolute atomic E-state index is 14.1. The average molecular weight is 642 g/mol. The van der Waals surface area contributed by atoms with E-state index >= 15 is 0 Å². The molecule has 0 unspecified atom stereocenters. The van der Waals surface area contributed by atoms with Crippen LogP contribution in [-0.4, -0.2) is 28.3 Å². The van der Waals surface area contributed by atoms with Gasteiger partial charge in [-0.25, -0.2) is 9.79 Å². The van der Waals surface area contributed by atoms with Crippen molar-refractivity contribution in [3.63, 3.8) is 0 Å². The molecule has 3 aromatic carbocycles. The molecule has 1 aliphatic rings. The number of nitrogens with zero attached hydrogens (tertiary/aromatic N) is 3. The third-order valence-corrected chi connectivity index (χ3v) is 8.86. The number of carbonyl (C=O) groups is 1. The number of thiazole rings is 1. The van der Waals surface area contributed by atoms with E-state index in [9.17, 15) is 24.1 Å². The summed E-state index contributed by atoms with van der Waals surface area (Å²) in [5, 5.41) is 11.2. The zero-order valence-electron chi connectivity index (χ0n) is 23.9. The first kappa shape index (κ1) is 30.0. The molecule has 0 radical (unpaired) electrons. The Morgan fingerprint density at radius 3 is 2.56 bits per heavy atom. The maximum atomic E-state index is 14.1. The van der Waals surface area contributed by atoms with Gasteiger partial charge in [-0.1, -0.05) is 53.8 Å². The normalized spacial score (nSPS) is 14.6. The van der Waals surface area contributed by atoms with Crippen LogP contribution in [0.1, 0.15) is 29.9 Å². The van der Waals surface area contributed by atoms with Crippen LogP contribution in [0.3, 0.4) is 0 Å². The number of thioether (sulfide) groups is 1. The number of nitro groups is 1. The lowest BCUT2D eigenvalue weighted by Gasteiger charge is -2.26. The largest absolute Gasteiger partial charge is 0.463 e. The molecule has 0 spiro atoms. The van der Waals surface area contributed by atoms with Crippen molar-refractivity contribution in [1.29, 1.82) is 0 Å². The summed E-state index contributed by atoms with van der Waals surface area (Å²) < 4.78 is 27.1. The second kappa shape index (κ2) is 12.5. The van der Waals surface area contributed by atoms with E-state index in [4.69, 9.17) is 14.1 Å². The van der Waals surface area contributed by atoms with Gasteiger partial charge < -0.3 is 9.15 Å². The minimum Gasteiger partial charge on any atom is -0.463 e. The number of esters is 1. The molecule has 226 valence electrons. The van der Waals surface area contributed by atoms with E-state index in [1.807, 2.05) is 60.9 Å². The predicted molar refractivity (Wildman–Crippen MR) is 170 cm³/mol. The Kier molecular flexibility index (Phi) is 8.33. The van der Waals surface area contributed by atoms with Crippen LogP contribution in [0.2, 0.25) is 0 Å². The number of rotatable bonds is 8. The molecule has 5 aromatic rings. The molecule has 0 aliphatic carbocycles. The standard InChI is InChI=1S/C33H24FN3O6S2/c1-3-42-32(39)28-29(19-7-5-4-6-8-19)35-33-36(30(28)20-9-13-23(44-2)14-10-20)31(38)27(45-33)18-22-12-16-26(43-22)21-11-15-24(34)25(17-21)37(40)41/h4-18,30H,3H2,1-2H3/b27-18-/t30-/m0/s1. The van der Waals surface area contributed by atoms with Crippen molar-refractivity contribution in [2.75, 3.05) is 12.9 Å². The van der Waals surface area contributed by atoms with Crippen molar-refractivity contribution in [2.24, 2.45) is 4.99 Å². The van der Waals surface area contributed by atoms with Gasteiger partial charge in [0.25, 0.3) is 5.56 Å². The molecule has 0 bridgehead atoms. The first-order chi connectivity index (χ1) is 21.8. The summed E-state index contributed by atoms with van der Waals surface area (Å²) in [6.07, 6.45) is 3.52. The third kappa shape index (κ3) is 5.77. The zero-order chi connectivity index (χ0) is 31.7. The minimum atomic E-state index is -0.952. The smallest absolute Gasteiger partial charge is 0.338 e. The summed E-state index contributed by atoms with van der Waals surface area (Å²) in [6, 6.07) is 22.8. The quantitative estimate of drug-likeness (QED) is 0.0888. The van der Waals surface area contributed by atoms with Gasteiger partial charge in [-0.15, -0.1) is 11.8 Å². The summed E-state index contributed by atoms with van der Waals surface area (Å²) in [6.45, 7) is 1.87. The number of aromatic nitrogens is 1. The van der Waals surface area contributed by atoms with Gasteiger partial charge in [0.1, 0.15) is 11.5 Å². The van der Waals surface area contributed by atoms with Crippen molar-refractivity contribution in [3.05, 3.63) is 143 Å². The van der Waals surface area contributed by atoms with Gasteiger partial charge in [-0.2, -0.15) is 4.39 Å². The maximum Gasteiger partial charge on any atom is 0.338 e. The first-order valence-electron chi connectivity index (χ1n) is 13.8. The molecule has 3 heterocycles. The highest BCUT2D eigenvalue weighted by molar-refractivity contribution is 7.98. The van der Waals surface area contributed by atoms with Crippen LogP contribution < -0.4 is 14.9 Å². The Hall–Kier alpha value is -5.07. The van der Waals surface area contributed by atoms with Crippen molar-refractivity contribution in [1.82, 2.24) is 4.57 Å². The molecule has 0 saturated carbocycles. The summed E-state index contributed by atoms with van der Waals surface area (Å²) in [5.41, 5.74) is 1.33. The number of hydrogen-bond donors (Lipinski definition) is 0. The second-order valence-electron chi connectivity index (χ2n) is 9.83.